The Bertz CT molecular complexity index is 1010. The molecule has 9 heteroatoms. The zero-order valence-corrected chi connectivity index (χ0v) is 21.4. The number of anilines is 1. The number of piperazine rings is 1. The molecule has 0 unspecified atom stereocenters. The summed E-state index contributed by atoms with van der Waals surface area (Å²) in [5.74, 6) is 0.571. The number of sulfonamides is 1. The van der Waals surface area contributed by atoms with Gasteiger partial charge in [0.15, 0.2) is 0 Å². The number of nitrogens with one attached hydrogen (secondary N) is 1. The fraction of sp³-hybridized carbons (Fsp3) is 0.680. The van der Waals surface area contributed by atoms with E-state index in [9.17, 15) is 18.0 Å². The third-order valence-electron chi connectivity index (χ3n) is 7.81. The highest BCUT2D eigenvalue weighted by molar-refractivity contribution is 7.89. The van der Waals surface area contributed by atoms with Crippen LogP contribution >= 0.6 is 0 Å². The molecule has 3 aliphatic rings. The highest BCUT2D eigenvalue weighted by Gasteiger charge is 2.32. The van der Waals surface area contributed by atoms with Crippen LogP contribution in [0, 0.1) is 11.8 Å². The number of nitrogens with zero attached hydrogens (tertiary/aromatic N) is 3. The van der Waals surface area contributed by atoms with E-state index in [1.54, 1.807) is 23.1 Å². The largest absolute Gasteiger partial charge is 0.340 e. The van der Waals surface area contributed by atoms with E-state index in [0.29, 0.717) is 13.0 Å². The first-order chi connectivity index (χ1) is 16.2. The maximum Gasteiger partial charge on any atom is 0.240 e. The van der Waals surface area contributed by atoms with Crippen molar-refractivity contribution in [3.63, 3.8) is 0 Å². The molecule has 188 valence electrons. The second-order valence-electron chi connectivity index (χ2n) is 10.1. The van der Waals surface area contributed by atoms with Crippen molar-refractivity contribution in [1.82, 2.24) is 14.5 Å². The van der Waals surface area contributed by atoms with Gasteiger partial charge in [0.2, 0.25) is 21.8 Å². The van der Waals surface area contributed by atoms with Crippen molar-refractivity contribution in [2.24, 2.45) is 11.8 Å². The zero-order valence-electron chi connectivity index (χ0n) is 20.6. The molecular weight excluding hydrogens is 452 g/mol. The summed E-state index contributed by atoms with van der Waals surface area (Å²) in [5.41, 5.74) is 1.70. The molecule has 34 heavy (non-hydrogen) atoms. The molecular formula is C25H38N4O4S. The van der Waals surface area contributed by atoms with E-state index in [4.69, 9.17) is 0 Å². The van der Waals surface area contributed by atoms with Crippen molar-refractivity contribution in [1.29, 1.82) is 0 Å². The fourth-order valence-corrected chi connectivity index (χ4v) is 6.89. The van der Waals surface area contributed by atoms with Gasteiger partial charge in [-0.1, -0.05) is 6.92 Å². The summed E-state index contributed by atoms with van der Waals surface area (Å²) in [4.78, 5) is 31.2. The predicted octanol–water partition coefficient (Wildman–Crippen LogP) is 2.23. The summed E-state index contributed by atoms with van der Waals surface area (Å²) >= 11 is 0. The van der Waals surface area contributed by atoms with Crippen LogP contribution in [0.2, 0.25) is 0 Å². The van der Waals surface area contributed by atoms with Crippen LogP contribution in [0.25, 0.3) is 0 Å². The van der Waals surface area contributed by atoms with Gasteiger partial charge in [0.05, 0.1) is 4.90 Å². The normalized spacial score (nSPS) is 25.9. The summed E-state index contributed by atoms with van der Waals surface area (Å²) in [6, 6.07) is 5.06. The number of hydrogen-bond donors (Lipinski definition) is 1. The molecule has 0 radical (unpaired) electrons. The van der Waals surface area contributed by atoms with Crippen molar-refractivity contribution in [3.8, 4) is 0 Å². The molecule has 1 saturated heterocycles. The lowest BCUT2D eigenvalue weighted by atomic mass is 9.81. The van der Waals surface area contributed by atoms with Gasteiger partial charge in [-0.3, -0.25) is 9.59 Å². The molecule has 2 aliphatic heterocycles. The Morgan fingerprint density at radius 1 is 1.06 bits per heavy atom. The van der Waals surface area contributed by atoms with Crippen molar-refractivity contribution in [3.05, 3.63) is 23.8 Å². The first-order valence-corrected chi connectivity index (χ1v) is 14.1. The first-order valence-electron chi connectivity index (χ1n) is 12.6. The van der Waals surface area contributed by atoms with Crippen LogP contribution in [-0.2, 0) is 26.0 Å². The molecule has 1 aromatic carbocycles. The third-order valence-corrected chi connectivity index (χ3v) is 9.23. The van der Waals surface area contributed by atoms with Gasteiger partial charge in [-0.25, -0.2) is 13.1 Å². The van der Waals surface area contributed by atoms with Crippen LogP contribution < -0.4 is 9.62 Å². The minimum atomic E-state index is -3.62. The highest BCUT2D eigenvalue weighted by atomic mass is 32.2. The fourth-order valence-electron chi connectivity index (χ4n) is 5.72. The Labute approximate surface area is 203 Å². The molecule has 4 rings (SSSR count). The lowest BCUT2D eigenvalue weighted by Crippen LogP contribution is -2.50. The second-order valence-corrected chi connectivity index (χ2v) is 11.8. The summed E-state index contributed by atoms with van der Waals surface area (Å²) < 4.78 is 28.7. The van der Waals surface area contributed by atoms with Gasteiger partial charge in [-0.2, -0.15) is 0 Å². The molecule has 1 N–H and O–H groups in total. The number of rotatable bonds is 6. The molecule has 8 nitrogen and oxygen atoms in total. The summed E-state index contributed by atoms with van der Waals surface area (Å²) in [6.07, 6.45) is 4.05. The highest BCUT2D eigenvalue weighted by Crippen LogP contribution is 2.34. The Hall–Kier alpha value is -1.97. The number of likely N-dealkylation sites (N-methyl/N-ethyl adjacent to an activating group) is 1. The van der Waals surface area contributed by atoms with Crippen molar-refractivity contribution >= 4 is 27.5 Å². The number of carbonyl (C=O) groups excluding carboxylic acids is 2. The molecule has 2 heterocycles. The Morgan fingerprint density at radius 2 is 1.74 bits per heavy atom. The van der Waals surface area contributed by atoms with Crippen LogP contribution in [0.5, 0.6) is 0 Å². The molecule has 1 saturated carbocycles. The number of benzene rings is 1. The van der Waals surface area contributed by atoms with Crippen molar-refractivity contribution in [2.45, 2.75) is 63.8 Å². The molecule has 0 spiro atoms. The molecule has 0 bridgehead atoms. The van der Waals surface area contributed by atoms with E-state index in [2.05, 4.69) is 16.5 Å². The van der Waals surface area contributed by atoms with E-state index in [-0.39, 0.29) is 34.6 Å². The lowest BCUT2D eigenvalue weighted by molar-refractivity contribution is -0.138. The number of fused-ring (bicyclic) bond motifs is 1. The molecule has 1 aromatic rings. The molecule has 1 aliphatic carbocycles. The van der Waals surface area contributed by atoms with Crippen LogP contribution in [-0.4, -0.2) is 75.3 Å². The minimum absolute atomic E-state index is 0.0303. The van der Waals surface area contributed by atoms with Crippen LogP contribution in [0.15, 0.2) is 23.1 Å². The number of hydrogen-bond acceptors (Lipinski definition) is 5. The van der Waals surface area contributed by atoms with Gasteiger partial charge in [0.25, 0.3) is 0 Å². The number of carbonyl (C=O) groups is 2. The SMILES string of the molecule is CCN1CCN(C(=O)C2CCC(CNS(=O)(=O)c3ccc4c(c3)C[C@H](C)N4C(C)=O)CC2)CC1. The monoisotopic (exact) mass is 490 g/mol. The first kappa shape index (κ1) is 25.1. The lowest BCUT2D eigenvalue weighted by Gasteiger charge is -2.37. The van der Waals surface area contributed by atoms with Gasteiger partial charge in [0, 0.05) is 57.3 Å². The number of amides is 2. The summed E-state index contributed by atoms with van der Waals surface area (Å²) in [7, 11) is -3.62. The van der Waals surface area contributed by atoms with Gasteiger partial charge < -0.3 is 14.7 Å². The zero-order chi connectivity index (χ0) is 24.5. The second kappa shape index (κ2) is 10.3. The van der Waals surface area contributed by atoms with Crippen LogP contribution in [0.3, 0.4) is 0 Å². The standard InChI is InChI=1S/C25H38N4O4S/c1-4-27-11-13-28(14-12-27)25(31)21-7-5-20(6-8-21)17-26-34(32,33)23-9-10-24-22(16-23)15-18(2)29(24)19(3)30/h9-10,16,18,20-21,26H,4-8,11-15,17H2,1-3H3/t18-,20?,21?/m0/s1. The Balaban J connectivity index is 1.28. The van der Waals surface area contributed by atoms with E-state index < -0.39 is 10.0 Å². The van der Waals surface area contributed by atoms with Gasteiger partial charge >= 0.3 is 0 Å². The quantitative estimate of drug-likeness (QED) is 0.661. The third kappa shape index (κ3) is 5.31. The maximum absolute atomic E-state index is 12.9. The molecule has 0 aromatic heterocycles. The Kier molecular flexibility index (Phi) is 7.64. The van der Waals surface area contributed by atoms with Gasteiger partial charge in [-0.15, -0.1) is 0 Å². The summed E-state index contributed by atoms with van der Waals surface area (Å²) in [5, 5.41) is 0. The van der Waals surface area contributed by atoms with E-state index in [0.717, 1.165) is 69.7 Å². The van der Waals surface area contributed by atoms with Gasteiger partial charge in [0.1, 0.15) is 0 Å². The smallest absolute Gasteiger partial charge is 0.240 e. The minimum Gasteiger partial charge on any atom is -0.340 e. The van der Waals surface area contributed by atoms with E-state index >= 15 is 0 Å². The van der Waals surface area contributed by atoms with Crippen molar-refractivity contribution in [2.75, 3.05) is 44.2 Å². The van der Waals surface area contributed by atoms with Crippen molar-refractivity contribution < 1.29 is 18.0 Å². The topological polar surface area (TPSA) is 90.0 Å². The molecule has 2 fully saturated rings. The average Bonchev–Trinajstić information content (AvgIpc) is 3.18. The van der Waals surface area contributed by atoms with E-state index in [1.807, 2.05) is 11.8 Å². The van der Waals surface area contributed by atoms with Crippen LogP contribution in [0.4, 0.5) is 5.69 Å². The van der Waals surface area contributed by atoms with Crippen LogP contribution in [0.1, 0.15) is 52.0 Å². The summed E-state index contributed by atoms with van der Waals surface area (Å²) in [6.45, 7) is 10.6. The van der Waals surface area contributed by atoms with E-state index in [1.165, 1.54) is 6.92 Å². The Morgan fingerprint density at radius 3 is 2.35 bits per heavy atom. The molecule has 2 amide bonds. The maximum atomic E-state index is 12.9. The van der Waals surface area contributed by atoms with Gasteiger partial charge in [-0.05, 0) is 75.3 Å². The molecule has 1 atom stereocenters. The average molecular weight is 491 g/mol. The predicted molar refractivity (Wildman–Crippen MR) is 132 cm³/mol.